The van der Waals surface area contributed by atoms with Gasteiger partial charge in [0.05, 0.1) is 18.1 Å². The van der Waals surface area contributed by atoms with E-state index in [9.17, 15) is 4.79 Å². The number of carbonyl (C=O) groups is 1. The first-order chi connectivity index (χ1) is 14.0. The largest absolute Gasteiger partial charge is 0.309 e. The maximum absolute atomic E-state index is 12.3. The molecule has 146 valence electrons. The standard InChI is InChI=1S/C22H22N6O/c1-4-5-17(10-16(2)3)19-12-26-28(14-19)15-22(29)27-21-7-6-18(11-25-21)20-13-23-8-9-24-20/h4-14H,1,15H2,2-3H3,(H,25,27,29)/b17-5+. The van der Waals surface area contributed by atoms with Gasteiger partial charge < -0.3 is 5.32 Å². The Hall–Kier alpha value is -3.87. The lowest BCUT2D eigenvalue weighted by Gasteiger charge is -2.06. The fraction of sp³-hybridized carbons (Fsp3) is 0.136. The summed E-state index contributed by atoms with van der Waals surface area (Å²) in [6, 6.07) is 3.57. The van der Waals surface area contributed by atoms with Crippen molar-refractivity contribution in [1.82, 2.24) is 24.7 Å². The second kappa shape index (κ2) is 9.36. The number of nitrogens with zero attached hydrogens (tertiary/aromatic N) is 5. The fourth-order valence-corrected chi connectivity index (χ4v) is 2.66. The number of allylic oxidation sites excluding steroid dienone is 5. The fourth-order valence-electron chi connectivity index (χ4n) is 2.66. The molecule has 0 unspecified atom stereocenters. The second-order valence-corrected chi connectivity index (χ2v) is 6.58. The summed E-state index contributed by atoms with van der Waals surface area (Å²) in [7, 11) is 0. The zero-order valence-electron chi connectivity index (χ0n) is 16.4. The van der Waals surface area contributed by atoms with E-state index < -0.39 is 0 Å². The first kappa shape index (κ1) is 19.9. The molecule has 0 atom stereocenters. The number of pyridine rings is 1. The number of carbonyl (C=O) groups excluding carboxylic acids is 1. The summed E-state index contributed by atoms with van der Waals surface area (Å²) in [5.74, 6) is 0.252. The smallest absolute Gasteiger partial charge is 0.247 e. The minimum absolute atomic E-state index is 0.0871. The van der Waals surface area contributed by atoms with E-state index in [1.54, 1.807) is 47.8 Å². The highest BCUT2D eigenvalue weighted by molar-refractivity contribution is 5.89. The van der Waals surface area contributed by atoms with E-state index in [1.807, 2.05) is 38.3 Å². The number of hydrogen-bond donors (Lipinski definition) is 1. The molecular weight excluding hydrogens is 364 g/mol. The van der Waals surface area contributed by atoms with Gasteiger partial charge in [-0.2, -0.15) is 5.10 Å². The van der Waals surface area contributed by atoms with Crippen molar-refractivity contribution in [3.63, 3.8) is 0 Å². The first-order valence-corrected chi connectivity index (χ1v) is 9.08. The van der Waals surface area contributed by atoms with Gasteiger partial charge in [0.2, 0.25) is 5.91 Å². The molecule has 3 rings (SSSR count). The lowest BCUT2D eigenvalue weighted by molar-refractivity contribution is -0.116. The zero-order chi connectivity index (χ0) is 20.6. The summed E-state index contributed by atoms with van der Waals surface area (Å²) in [4.78, 5) is 24.9. The molecule has 1 N–H and O–H groups in total. The topological polar surface area (TPSA) is 85.6 Å². The van der Waals surface area contributed by atoms with Crippen LogP contribution in [-0.4, -0.2) is 30.6 Å². The molecule has 0 saturated heterocycles. The highest BCUT2D eigenvalue weighted by Gasteiger charge is 2.08. The minimum atomic E-state index is -0.212. The van der Waals surface area contributed by atoms with Crippen molar-refractivity contribution in [3.05, 3.63) is 85.3 Å². The molecule has 0 spiro atoms. The van der Waals surface area contributed by atoms with Gasteiger partial charge in [-0.1, -0.05) is 30.4 Å². The van der Waals surface area contributed by atoms with E-state index in [0.29, 0.717) is 5.82 Å². The third kappa shape index (κ3) is 5.55. The molecule has 0 bridgehead atoms. The number of hydrogen-bond acceptors (Lipinski definition) is 5. The zero-order valence-corrected chi connectivity index (χ0v) is 16.4. The molecule has 29 heavy (non-hydrogen) atoms. The normalized spacial score (nSPS) is 11.0. The monoisotopic (exact) mass is 386 g/mol. The summed E-state index contributed by atoms with van der Waals surface area (Å²) in [5.41, 5.74) is 4.63. The lowest BCUT2D eigenvalue weighted by Crippen LogP contribution is -2.19. The van der Waals surface area contributed by atoms with Crippen LogP contribution in [0.5, 0.6) is 0 Å². The molecule has 3 heterocycles. The number of aromatic nitrogens is 5. The van der Waals surface area contributed by atoms with Gasteiger partial charge in [0.1, 0.15) is 12.4 Å². The van der Waals surface area contributed by atoms with Gasteiger partial charge in [-0.3, -0.25) is 19.4 Å². The Morgan fingerprint density at radius 1 is 1.17 bits per heavy atom. The van der Waals surface area contributed by atoms with Gasteiger partial charge in [-0.05, 0) is 31.6 Å². The molecule has 1 amide bonds. The van der Waals surface area contributed by atoms with Crippen molar-refractivity contribution in [2.45, 2.75) is 20.4 Å². The van der Waals surface area contributed by atoms with E-state index >= 15 is 0 Å². The van der Waals surface area contributed by atoms with E-state index in [4.69, 9.17) is 0 Å². The molecule has 7 heteroatoms. The van der Waals surface area contributed by atoms with Crippen molar-refractivity contribution < 1.29 is 4.79 Å². The molecule has 0 aliphatic carbocycles. The van der Waals surface area contributed by atoms with Gasteiger partial charge in [0, 0.05) is 35.9 Å². The molecule has 0 fully saturated rings. The van der Waals surface area contributed by atoms with Crippen molar-refractivity contribution in [3.8, 4) is 11.3 Å². The SMILES string of the molecule is C=C/C=C(\C=C(C)C)c1cnn(CC(=O)Nc2ccc(-c3cnccn3)cn2)c1. The van der Waals surface area contributed by atoms with Crippen LogP contribution in [0, 0.1) is 0 Å². The summed E-state index contributed by atoms with van der Waals surface area (Å²) < 4.78 is 1.59. The minimum Gasteiger partial charge on any atom is -0.309 e. The van der Waals surface area contributed by atoms with Crippen molar-refractivity contribution in [1.29, 1.82) is 0 Å². The Morgan fingerprint density at radius 3 is 2.69 bits per heavy atom. The van der Waals surface area contributed by atoms with Gasteiger partial charge in [-0.25, -0.2) is 4.98 Å². The van der Waals surface area contributed by atoms with Crippen molar-refractivity contribution in [2.75, 3.05) is 5.32 Å². The maximum Gasteiger partial charge on any atom is 0.247 e. The van der Waals surface area contributed by atoms with Crippen LogP contribution in [0.25, 0.3) is 16.8 Å². The number of anilines is 1. The van der Waals surface area contributed by atoms with Crippen LogP contribution in [0.2, 0.25) is 0 Å². The van der Waals surface area contributed by atoms with Crippen LogP contribution >= 0.6 is 0 Å². The number of nitrogens with one attached hydrogen (secondary N) is 1. The summed E-state index contributed by atoms with van der Waals surface area (Å²) in [6.07, 6.45) is 15.8. The van der Waals surface area contributed by atoms with Crippen LogP contribution in [0.1, 0.15) is 19.4 Å². The Labute approximate surface area is 169 Å². The Kier molecular flexibility index (Phi) is 6.42. The van der Waals surface area contributed by atoms with Crippen molar-refractivity contribution in [2.24, 2.45) is 0 Å². The molecule has 0 radical (unpaired) electrons. The quantitative estimate of drug-likeness (QED) is 0.622. The molecule has 3 aromatic rings. The summed E-state index contributed by atoms with van der Waals surface area (Å²) >= 11 is 0. The summed E-state index contributed by atoms with van der Waals surface area (Å²) in [5, 5.41) is 7.05. The Morgan fingerprint density at radius 2 is 2.03 bits per heavy atom. The third-order valence-electron chi connectivity index (χ3n) is 3.90. The summed E-state index contributed by atoms with van der Waals surface area (Å²) in [6.45, 7) is 7.89. The van der Waals surface area contributed by atoms with Crippen molar-refractivity contribution >= 4 is 17.3 Å². The maximum atomic E-state index is 12.3. The van der Waals surface area contributed by atoms with E-state index in [0.717, 1.165) is 22.4 Å². The molecular formula is C22H22N6O. The van der Waals surface area contributed by atoms with Crippen LogP contribution < -0.4 is 5.32 Å². The molecule has 0 aliphatic rings. The number of rotatable bonds is 7. The average Bonchev–Trinajstić information content (AvgIpc) is 3.17. The van der Waals surface area contributed by atoms with Crippen LogP contribution in [0.15, 0.2) is 79.7 Å². The van der Waals surface area contributed by atoms with Crippen LogP contribution in [0.3, 0.4) is 0 Å². The number of amides is 1. The van der Waals surface area contributed by atoms with Gasteiger partial charge in [0.25, 0.3) is 0 Å². The molecule has 0 aromatic carbocycles. The van der Waals surface area contributed by atoms with Crippen LogP contribution in [-0.2, 0) is 11.3 Å². The Balaban J connectivity index is 1.64. The second-order valence-electron chi connectivity index (χ2n) is 6.58. The molecule has 0 aliphatic heterocycles. The molecule has 7 nitrogen and oxygen atoms in total. The predicted octanol–water partition coefficient (Wildman–Crippen LogP) is 3.91. The predicted molar refractivity (Wildman–Crippen MR) is 114 cm³/mol. The average molecular weight is 386 g/mol. The van der Waals surface area contributed by atoms with E-state index in [1.165, 1.54) is 5.57 Å². The van der Waals surface area contributed by atoms with Crippen LogP contribution in [0.4, 0.5) is 5.82 Å². The van der Waals surface area contributed by atoms with Gasteiger partial charge in [-0.15, -0.1) is 0 Å². The highest BCUT2D eigenvalue weighted by Crippen LogP contribution is 2.18. The highest BCUT2D eigenvalue weighted by atomic mass is 16.2. The molecule has 3 aromatic heterocycles. The van der Waals surface area contributed by atoms with Gasteiger partial charge >= 0.3 is 0 Å². The van der Waals surface area contributed by atoms with Gasteiger partial charge in [0.15, 0.2) is 0 Å². The molecule has 0 saturated carbocycles. The Bertz CT molecular complexity index is 1040. The lowest BCUT2D eigenvalue weighted by atomic mass is 10.1. The van der Waals surface area contributed by atoms with E-state index in [-0.39, 0.29) is 12.5 Å². The van der Waals surface area contributed by atoms with E-state index in [2.05, 4.69) is 31.9 Å². The third-order valence-corrected chi connectivity index (χ3v) is 3.90. The first-order valence-electron chi connectivity index (χ1n) is 9.08.